The molecular weight excluding hydrogens is 238 g/mol. The quantitative estimate of drug-likeness (QED) is 0.401. The van der Waals surface area contributed by atoms with Gasteiger partial charge in [-0.3, -0.25) is 0 Å². The zero-order valence-corrected chi connectivity index (χ0v) is 12.9. The summed E-state index contributed by atoms with van der Waals surface area (Å²) >= 11 is 0. The lowest BCUT2D eigenvalue weighted by molar-refractivity contribution is 0.155. The average molecular weight is 273 g/mol. The second kappa shape index (κ2) is 15.9. The Hall–Kier alpha value is -0.120. The van der Waals surface area contributed by atoms with Crippen LogP contribution in [0.5, 0.6) is 0 Å². The molecule has 116 valence electrons. The third-order valence-corrected chi connectivity index (χ3v) is 3.56. The Labute approximate surface area is 119 Å². The monoisotopic (exact) mass is 273 g/mol. The van der Waals surface area contributed by atoms with Gasteiger partial charge in [-0.25, -0.2) is 0 Å². The summed E-state index contributed by atoms with van der Waals surface area (Å²) in [7, 11) is 0. The maximum Gasteiger partial charge on any atom is 0.0664 e. The predicted octanol–water partition coefficient (Wildman–Crippen LogP) is 3.24. The number of hydrogen-bond acceptors (Lipinski definition) is 3. The van der Waals surface area contributed by atoms with Crippen molar-refractivity contribution in [3.63, 3.8) is 0 Å². The molecule has 19 heavy (non-hydrogen) atoms. The third-order valence-electron chi connectivity index (χ3n) is 3.56. The molecule has 3 nitrogen and oxygen atoms in total. The number of hydrogen-bond donors (Lipinski definition) is 3. The van der Waals surface area contributed by atoms with Crippen LogP contribution in [0.15, 0.2) is 0 Å². The highest BCUT2D eigenvalue weighted by Gasteiger charge is 2.02. The maximum absolute atomic E-state index is 9.65. The topological polar surface area (TPSA) is 52.5 Å². The van der Waals surface area contributed by atoms with Crippen molar-refractivity contribution in [1.29, 1.82) is 0 Å². The summed E-state index contributed by atoms with van der Waals surface area (Å²) in [6.45, 7) is 3.59. The van der Waals surface area contributed by atoms with Gasteiger partial charge in [-0.1, -0.05) is 71.1 Å². The Morgan fingerprint density at radius 2 is 1.37 bits per heavy atom. The van der Waals surface area contributed by atoms with E-state index in [-0.39, 0.29) is 12.7 Å². The molecule has 0 aliphatic heterocycles. The summed E-state index contributed by atoms with van der Waals surface area (Å²) in [6, 6.07) is 0. The van der Waals surface area contributed by atoms with E-state index in [2.05, 4.69) is 12.2 Å². The Morgan fingerprint density at radius 3 is 1.89 bits per heavy atom. The van der Waals surface area contributed by atoms with Crippen molar-refractivity contribution in [2.45, 2.75) is 83.7 Å². The molecule has 0 unspecified atom stereocenters. The Balaban J connectivity index is 3.05. The molecule has 0 amide bonds. The molecule has 0 aliphatic carbocycles. The number of aliphatic hydroxyl groups excluding tert-OH is 2. The number of nitrogens with one attached hydrogen (secondary N) is 1. The first kappa shape index (κ1) is 18.9. The van der Waals surface area contributed by atoms with Gasteiger partial charge in [0.15, 0.2) is 0 Å². The van der Waals surface area contributed by atoms with Gasteiger partial charge in [-0.2, -0.15) is 0 Å². The van der Waals surface area contributed by atoms with Crippen molar-refractivity contribution >= 4 is 0 Å². The summed E-state index contributed by atoms with van der Waals surface area (Å²) < 4.78 is 0. The lowest BCUT2D eigenvalue weighted by Crippen LogP contribution is -2.28. The van der Waals surface area contributed by atoms with Crippen molar-refractivity contribution in [3.05, 3.63) is 0 Å². The van der Waals surface area contributed by atoms with Crippen LogP contribution < -0.4 is 5.32 Å². The van der Waals surface area contributed by atoms with Crippen LogP contribution in [0, 0.1) is 0 Å². The minimum absolute atomic E-state index is 0.144. The molecule has 0 aliphatic rings. The average Bonchev–Trinajstić information content (AvgIpc) is 2.41. The molecule has 0 saturated carbocycles. The van der Waals surface area contributed by atoms with E-state index in [0.29, 0.717) is 13.1 Å². The summed E-state index contributed by atoms with van der Waals surface area (Å²) in [6.07, 6.45) is 14.0. The van der Waals surface area contributed by atoms with Gasteiger partial charge in [-0.05, 0) is 6.42 Å². The lowest BCUT2D eigenvalue weighted by Gasteiger charge is -2.10. The van der Waals surface area contributed by atoms with Gasteiger partial charge in [-0.15, -0.1) is 0 Å². The first-order valence-electron chi connectivity index (χ1n) is 8.31. The van der Waals surface area contributed by atoms with Crippen molar-refractivity contribution < 1.29 is 10.2 Å². The molecule has 0 saturated heterocycles. The Morgan fingerprint density at radius 1 is 0.842 bits per heavy atom. The summed E-state index contributed by atoms with van der Waals surface area (Å²) in [4.78, 5) is 0. The Bertz CT molecular complexity index is 165. The lowest BCUT2D eigenvalue weighted by atomic mass is 10.0. The van der Waals surface area contributed by atoms with Gasteiger partial charge in [0.2, 0.25) is 0 Å². The van der Waals surface area contributed by atoms with Crippen LogP contribution in [0.3, 0.4) is 0 Å². The SMILES string of the molecule is CCCCCCCCCCCC[C@H](O)CNCCO. The predicted molar refractivity (Wildman–Crippen MR) is 82.4 cm³/mol. The van der Waals surface area contributed by atoms with Crippen LogP contribution in [0.2, 0.25) is 0 Å². The number of unbranched alkanes of at least 4 members (excludes halogenated alkanes) is 9. The summed E-state index contributed by atoms with van der Waals surface area (Å²) in [5, 5.41) is 21.3. The minimum atomic E-state index is -0.249. The van der Waals surface area contributed by atoms with Gasteiger partial charge in [0.25, 0.3) is 0 Å². The molecule has 3 heteroatoms. The van der Waals surface area contributed by atoms with E-state index < -0.39 is 0 Å². The zero-order valence-electron chi connectivity index (χ0n) is 12.9. The van der Waals surface area contributed by atoms with Crippen LogP contribution in [0.1, 0.15) is 77.6 Å². The fraction of sp³-hybridized carbons (Fsp3) is 1.00. The minimum Gasteiger partial charge on any atom is -0.395 e. The third kappa shape index (κ3) is 15.8. The second-order valence-electron chi connectivity index (χ2n) is 5.55. The van der Waals surface area contributed by atoms with E-state index in [1.807, 2.05) is 0 Å². The highest BCUT2D eigenvalue weighted by Crippen LogP contribution is 2.11. The smallest absolute Gasteiger partial charge is 0.0664 e. The van der Waals surface area contributed by atoms with E-state index in [9.17, 15) is 5.11 Å². The summed E-state index contributed by atoms with van der Waals surface area (Å²) in [5.41, 5.74) is 0. The number of rotatable bonds is 15. The van der Waals surface area contributed by atoms with E-state index in [1.165, 1.54) is 57.8 Å². The van der Waals surface area contributed by atoms with Gasteiger partial charge >= 0.3 is 0 Å². The molecule has 0 spiro atoms. The van der Waals surface area contributed by atoms with E-state index in [4.69, 9.17) is 5.11 Å². The largest absolute Gasteiger partial charge is 0.395 e. The van der Waals surface area contributed by atoms with Gasteiger partial charge in [0, 0.05) is 13.1 Å². The van der Waals surface area contributed by atoms with E-state index >= 15 is 0 Å². The van der Waals surface area contributed by atoms with Crippen molar-refractivity contribution in [2.24, 2.45) is 0 Å². The van der Waals surface area contributed by atoms with Crippen molar-refractivity contribution in [3.8, 4) is 0 Å². The molecule has 0 fully saturated rings. The Kier molecular flexibility index (Phi) is 15.8. The highest BCUT2D eigenvalue weighted by atomic mass is 16.3. The molecular formula is C16H35NO2. The molecule has 0 rings (SSSR count). The molecule has 0 radical (unpaired) electrons. The van der Waals surface area contributed by atoms with Crippen molar-refractivity contribution in [2.75, 3.05) is 19.7 Å². The second-order valence-corrected chi connectivity index (χ2v) is 5.55. The van der Waals surface area contributed by atoms with Gasteiger partial charge in [0.1, 0.15) is 0 Å². The molecule has 1 atom stereocenters. The fourth-order valence-corrected chi connectivity index (χ4v) is 2.32. The van der Waals surface area contributed by atoms with Gasteiger partial charge in [0.05, 0.1) is 12.7 Å². The first-order chi connectivity index (χ1) is 9.31. The molecule has 0 aromatic rings. The van der Waals surface area contributed by atoms with Crippen molar-refractivity contribution in [1.82, 2.24) is 5.32 Å². The molecule has 0 bridgehead atoms. The standard InChI is InChI=1S/C16H35NO2/c1-2-3-4-5-6-7-8-9-10-11-12-16(19)15-17-13-14-18/h16-19H,2-15H2,1H3/t16-/m0/s1. The normalized spacial score (nSPS) is 12.8. The van der Waals surface area contributed by atoms with E-state index in [1.54, 1.807) is 0 Å². The first-order valence-corrected chi connectivity index (χ1v) is 8.31. The maximum atomic E-state index is 9.65. The molecule has 3 N–H and O–H groups in total. The zero-order chi connectivity index (χ0) is 14.2. The van der Waals surface area contributed by atoms with Crippen LogP contribution in [0.25, 0.3) is 0 Å². The van der Waals surface area contributed by atoms with Crippen LogP contribution in [-0.4, -0.2) is 36.0 Å². The molecule has 0 aromatic carbocycles. The molecule has 0 heterocycles. The van der Waals surface area contributed by atoms with Gasteiger partial charge < -0.3 is 15.5 Å². The highest BCUT2D eigenvalue weighted by molar-refractivity contribution is 4.59. The molecule has 0 aromatic heterocycles. The van der Waals surface area contributed by atoms with Crippen LogP contribution in [0.4, 0.5) is 0 Å². The fourth-order valence-electron chi connectivity index (χ4n) is 2.32. The van der Waals surface area contributed by atoms with Crippen LogP contribution in [-0.2, 0) is 0 Å². The number of aliphatic hydroxyl groups is 2. The summed E-state index contributed by atoms with van der Waals surface area (Å²) in [5.74, 6) is 0. The van der Waals surface area contributed by atoms with Crippen LogP contribution >= 0.6 is 0 Å². The van der Waals surface area contributed by atoms with E-state index in [0.717, 1.165) is 12.8 Å².